The molecule has 0 fully saturated rings. The maximum Gasteiger partial charge on any atom is 0.133 e. The first-order valence-corrected chi connectivity index (χ1v) is 5.88. The van der Waals surface area contributed by atoms with Crippen molar-refractivity contribution < 1.29 is 14.2 Å². The Balaban J connectivity index is 2.30. The van der Waals surface area contributed by atoms with Crippen molar-refractivity contribution in [2.24, 2.45) is 0 Å². The highest BCUT2D eigenvalue weighted by Crippen LogP contribution is 2.31. The van der Waals surface area contributed by atoms with Gasteiger partial charge in [-0.1, -0.05) is 23.2 Å². The highest BCUT2D eigenvalue weighted by atomic mass is 35.5. The van der Waals surface area contributed by atoms with Crippen LogP contribution >= 0.6 is 23.2 Å². The third kappa shape index (κ3) is 2.93. The Bertz CT molecular complexity index is 573. The molecule has 0 saturated carbocycles. The van der Waals surface area contributed by atoms with Gasteiger partial charge in [0.25, 0.3) is 0 Å². The minimum atomic E-state index is -0.430. The average molecular weight is 287 g/mol. The van der Waals surface area contributed by atoms with Crippen LogP contribution in [-0.2, 0) is 6.61 Å². The highest BCUT2D eigenvalue weighted by molar-refractivity contribution is 6.42. The molecule has 0 amide bonds. The van der Waals surface area contributed by atoms with Gasteiger partial charge in [0.15, 0.2) is 0 Å². The van der Waals surface area contributed by atoms with Gasteiger partial charge < -0.3 is 9.84 Å². The van der Waals surface area contributed by atoms with Crippen molar-refractivity contribution in [2.75, 3.05) is 0 Å². The van der Waals surface area contributed by atoms with E-state index in [0.717, 1.165) is 0 Å². The molecule has 2 nitrogen and oxygen atoms in total. The summed E-state index contributed by atoms with van der Waals surface area (Å²) in [6.07, 6.45) is 0. The van der Waals surface area contributed by atoms with E-state index in [1.807, 2.05) is 0 Å². The van der Waals surface area contributed by atoms with Gasteiger partial charge in [-0.05, 0) is 30.3 Å². The fraction of sp³-hybridized carbons (Fsp3) is 0.0769. The molecule has 0 unspecified atom stereocenters. The van der Waals surface area contributed by atoms with Gasteiger partial charge in [0.2, 0.25) is 0 Å². The molecule has 0 aromatic heterocycles. The zero-order chi connectivity index (χ0) is 13.1. The van der Waals surface area contributed by atoms with Gasteiger partial charge in [-0.3, -0.25) is 0 Å². The Hall–Kier alpha value is -1.29. The van der Waals surface area contributed by atoms with E-state index in [1.165, 1.54) is 18.2 Å². The molecule has 2 aromatic carbocycles. The van der Waals surface area contributed by atoms with Crippen molar-refractivity contribution in [2.45, 2.75) is 6.61 Å². The van der Waals surface area contributed by atoms with E-state index in [4.69, 9.17) is 33.0 Å². The van der Waals surface area contributed by atoms with Crippen LogP contribution in [0.3, 0.4) is 0 Å². The molecule has 2 aromatic rings. The number of hydrogen-bond donors (Lipinski definition) is 1. The van der Waals surface area contributed by atoms with Crippen LogP contribution in [0.15, 0.2) is 36.4 Å². The first kappa shape index (κ1) is 13.1. The molecule has 0 aliphatic carbocycles. The zero-order valence-electron chi connectivity index (χ0n) is 9.16. The molecule has 0 radical (unpaired) electrons. The zero-order valence-corrected chi connectivity index (χ0v) is 10.7. The minimum Gasteiger partial charge on any atom is -0.457 e. The molecule has 94 valence electrons. The standard InChI is InChI=1S/C13H9Cl2FO2/c14-11-3-2-10(6-12(11)15)18-13-4-1-9(16)5-8(13)7-17/h1-6,17H,7H2. The molecule has 2 rings (SSSR count). The summed E-state index contributed by atoms with van der Waals surface area (Å²) in [4.78, 5) is 0. The normalized spacial score (nSPS) is 10.4. The van der Waals surface area contributed by atoms with Crippen molar-refractivity contribution in [3.05, 3.63) is 57.8 Å². The van der Waals surface area contributed by atoms with Gasteiger partial charge in [0, 0.05) is 11.6 Å². The summed E-state index contributed by atoms with van der Waals surface area (Å²) >= 11 is 11.6. The Morgan fingerprint density at radius 2 is 1.83 bits per heavy atom. The van der Waals surface area contributed by atoms with Crippen LogP contribution in [0.5, 0.6) is 11.5 Å². The third-order valence-corrected chi connectivity index (χ3v) is 3.05. The smallest absolute Gasteiger partial charge is 0.133 e. The second kappa shape index (κ2) is 5.57. The predicted molar refractivity (Wildman–Crippen MR) is 68.9 cm³/mol. The van der Waals surface area contributed by atoms with Crippen LogP contribution < -0.4 is 4.74 Å². The van der Waals surface area contributed by atoms with Crippen molar-refractivity contribution in [3.63, 3.8) is 0 Å². The largest absolute Gasteiger partial charge is 0.457 e. The summed E-state index contributed by atoms with van der Waals surface area (Å²) in [6, 6.07) is 8.71. The number of ether oxygens (including phenoxy) is 1. The van der Waals surface area contributed by atoms with Gasteiger partial charge in [0.1, 0.15) is 17.3 Å². The Labute approximate surface area is 114 Å². The summed E-state index contributed by atoms with van der Waals surface area (Å²) in [7, 11) is 0. The molecule has 0 aliphatic rings. The Kier molecular flexibility index (Phi) is 4.07. The van der Waals surface area contributed by atoms with E-state index in [2.05, 4.69) is 0 Å². The van der Waals surface area contributed by atoms with Gasteiger partial charge in [-0.25, -0.2) is 4.39 Å². The van der Waals surface area contributed by atoms with E-state index in [9.17, 15) is 4.39 Å². The number of rotatable bonds is 3. The number of aliphatic hydroxyl groups excluding tert-OH is 1. The molecule has 0 aliphatic heterocycles. The maximum atomic E-state index is 13.0. The summed E-state index contributed by atoms with van der Waals surface area (Å²) in [5.41, 5.74) is 0.362. The summed E-state index contributed by atoms with van der Waals surface area (Å²) in [6.45, 7) is -0.311. The fourth-order valence-corrected chi connectivity index (χ4v) is 1.73. The van der Waals surface area contributed by atoms with Crippen molar-refractivity contribution in [1.29, 1.82) is 0 Å². The minimum absolute atomic E-state index is 0.311. The average Bonchev–Trinajstić information content (AvgIpc) is 2.36. The number of halogens is 3. The number of hydrogen-bond acceptors (Lipinski definition) is 2. The summed E-state index contributed by atoms with van der Waals surface area (Å²) in [5.74, 6) is 0.406. The van der Waals surface area contributed by atoms with Gasteiger partial charge in [-0.2, -0.15) is 0 Å². The highest BCUT2D eigenvalue weighted by Gasteiger charge is 2.07. The van der Waals surface area contributed by atoms with Crippen molar-refractivity contribution in [3.8, 4) is 11.5 Å². The molecular formula is C13H9Cl2FO2. The molecule has 0 atom stereocenters. The SMILES string of the molecule is OCc1cc(F)ccc1Oc1ccc(Cl)c(Cl)c1. The lowest BCUT2D eigenvalue weighted by Crippen LogP contribution is -1.93. The quantitative estimate of drug-likeness (QED) is 0.905. The van der Waals surface area contributed by atoms with E-state index in [-0.39, 0.29) is 6.61 Å². The van der Waals surface area contributed by atoms with Gasteiger partial charge in [0.05, 0.1) is 16.7 Å². The second-order valence-corrected chi connectivity index (χ2v) is 4.40. The number of benzene rings is 2. The molecule has 0 saturated heterocycles. The lowest BCUT2D eigenvalue weighted by Gasteiger charge is -2.10. The van der Waals surface area contributed by atoms with Crippen LogP contribution in [0, 0.1) is 5.82 Å². The van der Waals surface area contributed by atoms with E-state index >= 15 is 0 Å². The lowest BCUT2D eigenvalue weighted by molar-refractivity contribution is 0.276. The summed E-state index contributed by atoms with van der Waals surface area (Å²) in [5, 5.41) is 9.91. The molecular weight excluding hydrogens is 278 g/mol. The second-order valence-electron chi connectivity index (χ2n) is 3.59. The Morgan fingerprint density at radius 1 is 1.06 bits per heavy atom. The monoisotopic (exact) mass is 286 g/mol. The topological polar surface area (TPSA) is 29.5 Å². The molecule has 0 bridgehead atoms. The molecule has 1 N–H and O–H groups in total. The Morgan fingerprint density at radius 3 is 2.50 bits per heavy atom. The first-order valence-electron chi connectivity index (χ1n) is 5.12. The molecule has 0 spiro atoms. The van der Waals surface area contributed by atoms with Crippen LogP contribution in [0.1, 0.15) is 5.56 Å². The van der Waals surface area contributed by atoms with Crippen LogP contribution in [-0.4, -0.2) is 5.11 Å². The molecule has 0 heterocycles. The molecule has 5 heteroatoms. The van der Waals surface area contributed by atoms with Crippen LogP contribution in [0.4, 0.5) is 4.39 Å². The van der Waals surface area contributed by atoms with E-state index in [1.54, 1.807) is 18.2 Å². The predicted octanol–water partition coefficient (Wildman–Crippen LogP) is 4.42. The van der Waals surface area contributed by atoms with Crippen molar-refractivity contribution in [1.82, 2.24) is 0 Å². The maximum absolute atomic E-state index is 13.0. The third-order valence-electron chi connectivity index (χ3n) is 2.31. The molecule has 18 heavy (non-hydrogen) atoms. The first-order chi connectivity index (χ1) is 8.60. The van der Waals surface area contributed by atoms with Crippen LogP contribution in [0.25, 0.3) is 0 Å². The van der Waals surface area contributed by atoms with Crippen molar-refractivity contribution >= 4 is 23.2 Å². The summed E-state index contributed by atoms with van der Waals surface area (Å²) < 4.78 is 18.5. The fourth-order valence-electron chi connectivity index (χ4n) is 1.44. The lowest BCUT2D eigenvalue weighted by atomic mass is 10.2. The number of aliphatic hydroxyl groups is 1. The van der Waals surface area contributed by atoms with Gasteiger partial charge >= 0.3 is 0 Å². The van der Waals surface area contributed by atoms with E-state index < -0.39 is 5.82 Å². The van der Waals surface area contributed by atoms with E-state index in [0.29, 0.717) is 27.1 Å². The van der Waals surface area contributed by atoms with Crippen LogP contribution in [0.2, 0.25) is 10.0 Å². The van der Waals surface area contributed by atoms with Gasteiger partial charge in [-0.15, -0.1) is 0 Å².